The monoisotopic (exact) mass is 344 g/mol. The summed E-state index contributed by atoms with van der Waals surface area (Å²) in [5, 5.41) is 6.83. The summed E-state index contributed by atoms with van der Waals surface area (Å²) >= 11 is 0. The van der Waals surface area contributed by atoms with E-state index in [1.165, 1.54) is 6.42 Å². The fourth-order valence-electron chi connectivity index (χ4n) is 3.17. The van der Waals surface area contributed by atoms with Gasteiger partial charge in [0.25, 0.3) is 5.91 Å². The van der Waals surface area contributed by atoms with E-state index in [2.05, 4.69) is 27.3 Å². The molecule has 1 aromatic heterocycles. The third-order valence-electron chi connectivity index (χ3n) is 4.46. The van der Waals surface area contributed by atoms with Crippen LogP contribution < -0.4 is 10.1 Å². The number of aromatic nitrogens is 2. The van der Waals surface area contributed by atoms with Gasteiger partial charge in [0.05, 0.1) is 5.56 Å². The van der Waals surface area contributed by atoms with Crippen molar-refractivity contribution >= 4 is 5.91 Å². The van der Waals surface area contributed by atoms with Crippen LogP contribution in [0.2, 0.25) is 0 Å². The normalized spacial score (nSPS) is 17.6. The number of hydrogen-bond donors (Lipinski definition) is 1. The first kappa shape index (κ1) is 17.4. The maximum absolute atomic E-state index is 12.6. The minimum Gasteiger partial charge on any atom is -0.485 e. The lowest BCUT2D eigenvalue weighted by molar-refractivity contribution is 0.0936. The first-order valence-electron chi connectivity index (χ1n) is 8.70. The number of carbonyl (C=O) groups excluding carboxylic acids is 1. The molecule has 7 nitrogen and oxygen atoms in total. The van der Waals surface area contributed by atoms with Gasteiger partial charge in [-0.15, -0.1) is 0 Å². The summed E-state index contributed by atoms with van der Waals surface area (Å²) in [5.74, 6) is 1.34. The van der Waals surface area contributed by atoms with E-state index in [9.17, 15) is 4.79 Å². The Kier molecular flexibility index (Phi) is 5.65. The molecule has 25 heavy (non-hydrogen) atoms. The Bertz CT molecular complexity index is 716. The van der Waals surface area contributed by atoms with Gasteiger partial charge >= 0.3 is 0 Å². The highest BCUT2D eigenvalue weighted by molar-refractivity contribution is 5.96. The Morgan fingerprint density at radius 3 is 3.04 bits per heavy atom. The van der Waals surface area contributed by atoms with Crippen molar-refractivity contribution < 1.29 is 14.1 Å². The van der Waals surface area contributed by atoms with Crippen LogP contribution in [-0.2, 0) is 6.61 Å². The van der Waals surface area contributed by atoms with E-state index in [1.54, 1.807) is 19.1 Å². The number of ether oxygens (including phenoxy) is 1. The number of amides is 1. The van der Waals surface area contributed by atoms with Crippen molar-refractivity contribution in [2.75, 3.05) is 19.6 Å². The number of nitrogens with zero attached hydrogens (tertiary/aromatic N) is 3. The number of likely N-dealkylation sites (N-methyl/N-ethyl adjacent to an activating group) is 1. The molecule has 2 aromatic rings. The molecule has 1 saturated heterocycles. The molecule has 0 saturated carbocycles. The second-order valence-corrected chi connectivity index (χ2v) is 6.15. The minimum atomic E-state index is -0.122. The number of nitrogens with one attached hydrogen (secondary N) is 1. The lowest BCUT2D eigenvalue weighted by Crippen LogP contribution is -2.40. The van der Waals surface area contributed by atoms with Gasteiger partial charge in [0.15, 0.2) is 6.61 Å². The highest BCUT2D eigenvalue weighted by Gasteiger charge is 2.23. The van der Waals surface area contributed by atoms with Gasteiger partial charge in [0.2, 0.25) is 11.7 Å². The predicted molar refractivity (Wildman–Crippen MR) is 92.4 cm³/mol. The van der Waals surface area contributed by atoms with Gasteiger partial charge in [-0.25, -0.2) is 0 Å². The molecule has 1 aromatic carbocycles. The molecule has 0 aliphatic carbocycles. The summed E-state index contributed by atoms with van der Waals surface area (Å²) in [6.07, 6.45) is 2.32. The Hall–Kier alpha value is -2.41. The topological polar surface area (TPSA) is 80.5 Å². The first-order chi connectivity index (χ1) is 12.2. The molecule has 3 rings (SSSR count). The zero-order valence-electron chi connectivity index (χ0n) is 14.7. The predicted octanol–water partition coefficient (Wildman–Crippen LogP) is 2.17. The second-order valence-electron chi connectivity index (χ2n) is 6.15. The molecule has 1 N–H and O–H groups in total. The van der Waals surface area contributed by atoms with Gasteiger partial charge in [0, 0.05) is 19.5 Å². The van der Waals surface area contributed by atoms with Crippen LogP contribution in [0.4, 0.5) is 0 Å². The molecule has 0 radical (unpaired) electrons. The van der Waals surface area contributed by atoms with Gasteiger partial charge in [0.1, 0.15) is 5.75 Å². The van der Waals surface area contributed by atoms with Crippen molar-refractivity contribution in [3.05, 3.63) is 41.5 Å². The molecule has 0 unspecified atom stereocenters. The first-order valence-corrected chi connectivity index (χ1v) is 8.70. The molecule has 1 fully saturated rings. The number of hydrogen-bond acceptors (Lipinski definition) is 6. The van der Waals surface area contributed by atoms with Gasteiger partial charge < -0.3 is 14.6 Å². The van der Waals surface area contributed by atoms with Crippen molar-refractivity contribution in [2.24, 2.45) is 0 Å². The molecule has 1 atom stereocenters. The Morgan fingerprint density at radius 1 is 1.44 bits per heavy atom. The number of likely N-dealkylation sites (tertiary alicyclic amines) is 1. The second kappa shape index (κ2) is 8.11. The largest absolute Gasteiger partial charge is 0.485 e. The van der Waals surface area contributed by atoms with Crippen molar-refractivity contribution in [1.82, 2.24) is 20.4 Å². The fourth-order valence-corrected chi connectivity index (χ4v) is 3.17. The van der Waals surface area contributed by atoms with Crippen LogP contribution in [0.3, 0.4) is 0 Å². The number of rotatable bonds is 7. The number of benzene rings is 1. The summed E-state index contributed by atoms with van der Waals surface area (Å²) in [7, 11) is 0. The van der Waals surface area contributed by atoms with Crippen LogP contribution in [0.25, 0.3) is 0 Å². The smallest absolute Gasteiger partial charge is 0.255 e. The van der Waals surface area contributed by atoms with Crippen LogP contribution in [0, 0.1) is 6.92 Å². The molecule has 1 amide bonds. The van der Waals surface area contributed by atoms with Crippen LogP contribution in [0.1, 0.15) is 41.8 Å². The average molecular weight is 344 g/mol. The highest BCUT2D eigenvalue weighted by atomic mass is 16.5. The molecule has 134 valence electrons. The molecular formula is C18H24N4O3. The van der Waals surface area contributed by atoms with Gasteiger partial charge in [-0.05, 0) is 38.1 Å². The van der Waals surface area contributed by atoms with Gasteiger partial charge in [-0.1, -0.05) is 24.2 Å². The van der Waals surface area contributed by atoms with Gasteiger partial charge in [-0.3, -0.25) is 9.69 Å². The van der Waals surface area contributed by atoms with E-state index in [-0.39, 0.29) is 12.5 Å². The molecule has 7 heteroatoms. The standard InChI is InChI=1S/C18H24N4O3/c1-3-22-10-6-7-14(22)11-19-18(23)15-8-4-5-9-16(15)24-12-17-20-13(2)25-21-17/h4-5,8-9,14H,3,6-7,10-12H2,1-2H3,(H,19,23)/t14-/m1/s1. The molecule has 2 heterocycles. The molecule has 0 bridgehead atoms. The fraction of sp³-hybridized carbons (Fsp3) is 0.500. The van der Waals surface area contributed by atoms with E-state index < -0.39 is 0 Å². The molecule has 0 spiro atoms. The molecular weight excluding hydrogens is 320 g/mol. The zero-order valence-corrected chi connectivity index (χ0v) is 14.7. The summed E-state index contributed by atoms with van der Waals surface area (Å²) in [6.45, 7) is 6.83. The maximum Gasteiger partial charge on any atom is 0.255 e. The van der Waals surface area contributed by atoms with Crippen molar-refractivity contribution in [1.29, 1.82) is 0 Å². The number of aryl methyl sites for hydroxylation is 1. The van der Waals surface area contributed by atoms with Crippen LogP contribution in [-0.4, -0.2) is 46.6 Å². The zero-order chi connectivity index (χ0) is 17.6. The number of carbonyl (C=O) groups is 1. The van der Waals surface area contributed by atoms with E-state index in [1.807, 2.05) is 12.1 Å². The van der Waals surface area contributed by atoms with Crippen molar-refractivity contribution in [2.45, 2.75) is 39.3 Å². The van der Waals surface area contributed by atoms with E-state index >= 15 is 0 Å². The summed E-state index contributed by atoms with van der Waals surface area (Å²) in [6, 6.07) is 7.62. The third-order valence-corrected chi connectivity index (χ3v) is 4.46. The maximum atomic E-state index is 12.6. The summed E-state index contributed by atoms with van der Waals surface area (Å²) < 4.78 is 10.6. The Morgan fingerprint density at radius 2 is 2.28 bits per heavy atom. The molecule has 1 aliphatic heterocycles. The van der Waals surface area contributed by atoms with Gasteiger partial charge in [-0.2, -0.15) is 4.98 Å². The Balaban J connectivity index is 1.60. The van der Waals surface area contributed by atoms with E-state index in [0.717, 1.165) is 19.5 Å². The Labute approximate surface area is 147 Å². The van der Waals surface area contributed by atoms with E-state index in [4.69, 9.17) is 9.26 Å². The minimum absolute atomic E-state index is 0.122. The lowest BCUT2D eigenvalue weighted by atomic mass is 10.1. The van der Waals surface area contributed by atoms with Crippen LogP contribution >= 0.6 is 0 Å². The summed E-state index contributed by atoms with van der Waals surface area (Å²) in [4.78, 5) is 19.1. The SMILES string of the molecule is CCN1CCC[C@@H]1CNC(=O)c1ccccc1OCc1noc(C)n1. The quantitative estimate of drug-likeness (QED) is 0.829. The van der Waals surface area contributed by atoms with Crippen LogP contribution in [0.5, 0.6) is 5.75 Å². The number of para-hydroxylation sites is 1. The highest BCUT2D eigenvalue weighted by Crippen LogP contribution is 2.20. The van der Waals surface area contributed by atoms with Crippen LogP contribution in [0.15, 0.2) is 28.8 Å². The average Bonchev–Trinajstić information content (AvgIpc) is 3.26. The lowest BCUT2D eigenvalue weighted by Gasteiger charge is -2.23. The van der Waals surface area contributed by atoms with E-state index in [0.29, 0.717) is 35.6 Å². The van der Waals surface area contributed by atoms with Crippen molar-refractivity contribution in [3.8, 4) is 5.75 Å². The van der Waals surface area contributed by atoms with Crippen molar-refractivity contribution in [3.63, 3.8) is 0 Å². The third kappa shape index (κ3) is 4.36. The molecule has 1 aliphatic rings. The summed E-state index contributed by atoms with van der Waals surface area (Å²) in [5.41, 5.74) is 0.517.